The van der Waals surface area contributed by atoms with Crippen LogP contribution >= 0.6 is 0 Å². The van der Waals surface area contributed by atoms with Crippen molar-refractivity contribution in [1.82, 2.24) is 4.72 Å². The first-order valence-corrected chi connectivity index (χ1v) is 8.91. The molecule has 0 aliphatic rings. The summed E-state index contributed by atoms with van der Waals surface area (Å²) in [5.41, 5.74) is 0.756. The maximum atomic E-state index is 12.5. The van der Waals surface area contributed by atoms with E-state index < -0.39 is 21.5 Å². The van der Waals surface area contributed by atoms with Crippen molar-refractivity contribution >= 4 is 16.0 Å². The average molecular weight is 339 g/mol. The summed E-state index contributed by atoms with van der Waals surface area (Å²) in [7, 11) is -2.56. The predicted octanol–water partition coefficient (Wildman–Crippen LogP) is 2.95. The van der Waals surface area contributed by atoms with Crippen LogP contribution in [0.3, 0.4) is 0 Å². The second-order valence-corrected chi connectivity index (χ2v) is 7.74. The third kappa shape index (κ3) is 5.48. The highest BCUT2D eigenvalue weighted by Crippen LogP contribution is 2.20. The standard InChI is InChI=1S/C17H25NO4S/c1-13(2)7-6-12-17(4,16(19)22-5)18-23(20,21)15-10-8-14(3)9-11-15/h7-11,18H,6,12H2,1-5H3. The molecule has 1 atom stereocenters. The van der Waals surface area contributed by atoms with Crippen LogP contribution in [-0.4, -0.2) is 27.0 Å². The Morgan fingerprint density at radius 2 is 1.83 bits per heavy atom. The minimum atomic E-state index is -3.81. The summed E-state index contributed by atoms with van der Waals surface area (Å²) in [6.07, 6.45) is 2.85. The van der Waals surface area contributed by atoms with Crippen molar-refractivity contribution < 1.29 is 17.9 Å². The van der Waals surface area contributed by atoms with Gasteiger partial charge in [0.1, 0.15) is 5.54 Å². The number of methoxy groups -OCH3 is 1. The molecule has 0 aromatic heterocycles. The molecule has 128 valence electrons. The maximum absolute atomic E-state index is 12.5. The van der Waals surface area contributed by atoms with E-state index in [-0.39, 0.29) is 4.90 Å². The van der Waals surface area contributed by atoms with Crippen molar-refractivity contribution in [3.8, 4) is 0 Å². The molecule has 1 rings (SSSR count). The van der Waals surface area contributed by atoms with E-state index in [0.717, 1.165) is 11.1 Å². The van der Waals surface area contributed by atoms with Gasteiger partial charge in [0.05, 0.1) is 12.0 Å². The largest absolute Gasteiger partial charge is 0.468 e. The van der Waals surface area contributed by atoms with Crippen LogP contribution in [0.4, 0.5) is 0 Å². The fourth-order valence-corrected chi connectivity index (χ4v) is 3.53. The van der Waals surface area contributed by atoms with Crippen LogP contribution in [0, 0.1) is 6.92 Å². The molecule has 0 saturated carbocycles. The Kier molecular flexibility index (Phi) is 6.53. The Balaban J connectivity index is 3.06. The molecule has 0 spiro atoms. The van der Waals surface area contributed by atoms with Crippen molar-refractivity contribution in [2.75, 3.05) is 7.11 Å². The van der Waals surface area contributed by atoms with Crippen molar-refractivity contribution in [1.29, 1.82) is 0 Å². The van der Waals surface area contributed by atoms with Gasteiger partial charge in [-0.05, 0) is 52.7 Å². The second kappa shape index (κ2) is 7.75. The lowest BCUT2D eigenvalue weighted by Crippen LogP contribution is -2.52. The molecule has 0 aliphatic carbocycles. The highest BCUT2D eigenvalue weighted by atomic mass is 32.2. The molecule has 1 N–H and O–H groups in total. The summed E-state index contributed by atoms with van der Waals surface area (Å²) in [5, 5.41) is 0. The number of hydrogen-bond acceptors (Lipinski definition) is 4. The number of carbonyl (C=O) groups is 1. The van der Waals surface area contributed by atoms with Gasteiger partial charge < -0.3 is 4.74 Å². The zero-order valence-electron chi connectivity index (χ0n) is 14.3. The summed E-state index contributed by atoms with van der Waals surface area (Å²) in [5.74, 6) is -0.602. The molecule has 6 heteroatoms. The average Bonchev–Trinajstić information content (AvgIpc) is 2.45. The number of nitrogens with one attached hydrogen (secondary N) is 1. The summed E-state index contributed by atoms with van der Waals surface area (Å²) in [6, 6.07) is 6.47. The molecule has 1 unspecified atom stereocenters. The van der Waals surface area contributed by atoms with E-state index >= 15 is 0 Å². The van der Waals surface area contributed by atoms with Gasteiger partial charge in [-0.1, -0.05) is 29.3 Å². The predicted molar refractivity (Wildman–Crippen MR) is 90.6 cm³/mol. The Morgan fingerprint density at radius 1 is 1.26 bits per heavy atom. The molecule has 1 aromatic rings. The Morgan fingerprint density at radius 3 is 2.30 bits per heavy atom. The zero-order chi connectivity index (χ0) is 17.7. The zero-order valence-corrected chi connectivity index (χ0v) is 15.2. The second-order valence-electron chi connectivity index (χ2n) is 6.06. The SMILES string of the molecule is COC(=O)C(C)(CCC=C(C)C)NS(=O)(=O)c1ccc(C)cc1. The Bertz CT molecular complexity index is 673. The van der Waals surface area contributed by atoms with Crippen molar-refractivity contribution in [3.05, 3.63) is 41.5 Å². The van der Waals surface area contributed by atoms with E-state index in [1.807, 2.05) is 26.8 Å². The molecular weight excluding hydrogens is 314 g/mol. The number of carbonyl (C=O) groups excluding carboxylic acids is 1. The van der Waals surface area contributed by atoms with Crippen LogP contribution in [0.5, 0.6) is 0 Å². The van der Waals surface area contributed by atoms with Gasteiger partial charge in [0.15, 0.2) is 0 Å². The van der Waals surface area contributed by atoms with Crippen LogP contribution < -0.4 is 4.72 Å². The molecule has 5 nitrogen and oxygen atoms in total. The minimum absolute atomic E-state index is 0.125. The van der Waals surface area contributed by atoms with Crippen molar-refractivity contribution in [2.24, 2.45) is 0 Å². The molecule has 0 saturated heterocycles. The summed E-state index contributed by atoms with van der Waals surface area (Å²) in [4.78, 5) is 12.2. The van der Waals surface area contributed by atoms with Gasteiger partial charge >= 0.3 is 5.97 Å². The van der Waals surface area contributed by atoms with Gasteiger partial charge in [0, 0.05) is 0 Å². The topological polar surface area (TPSA) is 72.5 Å². The maximum Gasteiger partial charge on any atom is 0.326 e. The first-order valence-electron chi connectivity index (χ1n) is 7.43. The third-order valence-electron chi connectivity index (χ3n) is 3.52. The number of allylic oxidation sites excluding steroid dienone is 2. The van der Waals surface area contributed by atoms with E-state index in [9.17, 15) is 13.2 Å². The summed E-state index contributed by atoms with van der Waals surface area (Å²) < 4.78 is 32.4. The van der Waals surface area contributed by atoms with E-state index in [1.165, 1.54) is 19.2 Å². The molecular formula is C17H25NO4S. The smallest absolute Gasteiger partial charge is 0.326 e. The molecule has 0 bridgehead atoms. The summed E-state index contributed by atoms with van der Waals surface area (Å²) >= 11 is 0. The van der Waals surface area contributed by atoms with Crippen LogP contribution in [-0.2, 0) is 19.6 Å². The Labute approximate surface area is 138 Å². The lowest BCUT2D eigenvalue weighted by atomic mass is 9.97. The lowest BCUT2D eigenvalue weighted by Gasteiger charge is -2.27. The number of esters is 1. The van der Waals surface area contributed by atoms with Crippen molar-refractivity contribution in [3.63, 3.8) is 0 Å². The van der Waals surface area contributed by atoms with Gasteiger partial charge in [0.2, 0.25) is 10.0 Å². The van der Waals surface area contributed by atoms with E-state index in [4.69, 9.17) is 4.74 Å². The van der Waals surface area contributed by atoms with Crippen LogP contribution in [0.25, 0.3) is 0 Å². The first-order chi connectivity index (χ1) is 10.6. The van der Waals surface area contributed by atoms with E-state index in [0.29, 0.717) is 12.8 Å². The van der Waals surface area contributed by atoms with Gasteiger partial charge in [-0.25, -0.2) is 8.42 Å². The third-order valence-corrected chi connectivity index (χ3v) is 5.14. The number of ether oxygens (including phenoxy) is 1. The quantitative estimate of drug-likeness (QED) is 0.612. The molecule has 23 heavy (non-hydrogen) atoms. The lowest BCUT2D eigenvalue weighted by molar-refractivity contribution is -0.147. The molecule has 0 amide bonds. The monoisotopic (exact) mass is 339 g/mol. The highest BCUT2D eigenvalue weighted by Gasteiger charge is 2.38. The van der Waals surface area contributed by atoms with Crippen molar-refractivity contribution in [2.45, 2.75) is 51.0 Å². The molecule has 0 fully saturated rings. The minimum Gasteiger partial charge on any atom is -0.468 e. The van der Waals surface area contributed by atoms with Crippen LogP contribution in [0.15, 0.2) is 40.8 Å². The molecule has 0 radical (unpaired) electrons. The Hall–Kier alpha value is -1.66. The molecule has 1 aromatic carbocycles. The highest BCUT2D eigenvalue weighted by molar-refractivity contribution is 7.89. The summed E-state index contributed by atoms with van der Waals surface area (Å²) in [6.45, 7) is 7.32. The molecule has 0 heterocycles. The first kappa shape index (κ1) is 19.4. The number of hydrogen-bond donors (Lipinski definition) is 1. The number of aryl methyl sites for hydroxylation is 1. The fraction of sp³-hybridized carbons (Fsp3) is 0.471. The van der Waals surface area contributed by atoms with Gasteiger partial charge in [-0.2, -0.15) is 4.72 Å². The number of sulfonamides is 1. The van der Waals surface area contributed by atoms with Crippen LogP contribution in [0.1, 0.15) is 39.2 Å². The molecule has 0 aliphatic heterocycles. The van der Waals surface area contributed by atoms with Gasteiger partial charge in [0.25, 0.3) is 0 Å². The van der Waals surface area contributed by atoms with E-state index in [2.05, 4.69) is 4.72 Å². The number of rotatable bonds is 7. The van der Waals surface area contributed by atoms with Crippen LogP contribution in [0.2, 0.25) is 0 Å². The number of benzene rings is 1. The normalized spacial score (nSPS) is 14.0. The van der Waals surface area contributed by atoms with Gasteiger partial charge in [-0.3, -0.25) is 4.79 Å². The van der Waals surface area contributed by atoms with E-state index in [1.54, 1.807) is 19.1 Å². The van der Waals surface area contributed by atoms with Gasteiger partial charge in [-0.15, -0.1) is 0 Å². The fourth-order valence-electron chi connectivity index (χ4n) is 2.14.